The van der Waals surface area contributed by atoms with E-state index in [4.69, 9.17) is 15.1 Å². The van der Waals surface area contributed by atoms with E-state index in [0.717, 1.165) is 0 Å². The Bertz CT molecular complexity index is 469. The minimum absolute atomic E-state index is 0.0100. The van der Waals surface area contributed by atoms with Crippen LogP contribution in [0.4, 0.5) is 0 Å². The van der Waals surface area contributed by atoms with Crippen LogP contribution in [0.25, 0.3) is 0 Å². The number of rotatable bonds is 5. The van der Waals surface area contributed by atoms with Crippen molar-refractivity contribution in [3.8, 4) is 6.07 Å². The highest BCUT2D eigenvalue weighted by atomic mass is 32.2. The van der Waals surface area contributed by atoms with Gasteiger partial charge in [0.1, 0.15) is 5.41 Å². The first-order valence-electron chi connectivity index (χ1n) is 5.50. The summed E-state index contributed by atoms with van der Waals surface area (Å²) < 4.78 is 31.1. The molecule has 18 heavy (non-hydrogen) atoms. The third-order valence-corrected chi connectivity index (χ3v) is 4.94. The molecule has 0 bridgehead atoms. The van der Waals surface area contributed by atoms with Gasteiger partial charge in [0.25, 0.3) is 0 Å². The molecule has 0 spiro atoms. The molecule has 0 aliphatic carbocycles. The molecule has 0 radical (unpaired) electrons. The first-order valence-corrected chi connectivity index (χ1v) is 7.04. The van der Waals surface area contributed by atoms with Gasteiger partial charge in [-0.2, -0.15) is 5.26 Å². The van der Waals surface area contributed by atoms with Crippen molar-refractivity contribution in [3.05, 3.63) is 0 Å². The van der Waals surface area contributed by atoms with Crippen LogP contribution in [-0.4, -0.2) is 44.0 Å². The van der Waals surface area contributed by atoms with Crippen molar-refractivity contribution in [2.75, 3.05) is 13.2 Å². The van der Waals surface area contributed by atoms with Crippen molar-refractivity contribution in [1.29, 1.82) is 5.26 Å². The molecule has 3 atom stereocenters. The van der Waals surface area contributed by atoms with E-state index in [1.54, 1.807) is 13.0 Å². The second-order valence-corrected chi connectivity index (χ2v) is 6.37. The maximum absolute atomic E-state index is 11.9. The number of carboxylic acid groups (broad SMARTS) is 1. The summed E-state index contributed by atoms with van der Waals surface area (Å²) in [4.78, 5) is 11.1. The lowest BCUT2D eigenvalue weighted by Gasteiger charge is -2.26. The SMILES string of the molecule is CCC(C#N)S(=O)(=O)NC1COCC1(C)C(=O)O. The fourth-order valence-electron chi connectivity index (χ4n) is 1.71. The highest BCUT2D eigenvalue weighted by Crippen LogP contribution is 2.29. The van der Waals surface area contributed by atoms with Crippen molar-refractivity contribution in [3.63, 3.8) is 0 Å². The molecule has 1 aliphatic rings. The summed E-state index contributed by atoms with van der Waals surface area (Å²) in [5, 5.41) is 16.7. The average Bonchev–Trinajstić information content (AvgIpc) is 2.62. The van der Waals surface area contributed by atoms with E-state index in [1.165, 1.54) is 6.92 Å². The quantitative estimate of drug-likeness (QED) is 0.712. The van der Waals surface area contributed by atoms with Crippen LogP contribution in [-0.2, 0) is 19.6 Å². The minimum Gasteiger partial charge on any atom is -0.481 e. The van der Waals surface area contributed by atoms with E-state index in [2.05, 4.69) is 4.72 Å². The molecule has 1 saturated heterocycles. The largest absolute Gasteiger partial charge is 0.481 e. The Balaban J connectivity index is 2.92. The highest BCUT2D eigenvalue weighted by molar-refractivity contribution is 7.90. The van der Waals surface area contributed by atoms with Gasteiger partial charge < -0.3 is 9.84 Å². The number of aliphatic carboxylic acids is 1. The Morgan fingerprint density at radius 1 is 1.72 bits per heavy atom. The van der Waals surface area contributed by atoms with Crippen LogP contribution in [0.3, 0.4) is 0 Å². The number of sulfonamides is 1. The van der Waals surface area contributed by atoms with Crippen LogP contribution in [0.15, 0.2) is 0 Å². The smallest absolute Gasteiger partial charge is 0.313 e. The van der Waals surface area contributed by atoms with Gasteiger partial charge in [-0.3, -0.25) is 4.79 Å². The summed E-state index contributed by atoms with van der Waals surface area (Å²) in [7, 11) is -3.86. The van der Waals surface area contributed by atoms with Gasteiger partial charge in [0.05, 0.1) is 25.3 Å². The second kappa shape index (κ2) is 5.22. The third kappa shape index (κ3) is 2.63. The van der Waals surface area contributed by atoms with Crippen molar-refractivity contribution in [1.82, 2.24) is 4.72 Å². The number of nitrogens with zero attached hydrogens (tertiary/aromatic N) is 1. The van der Waals surface area contributed by atoms with Gasteiger partial charge in [0.15, 0.2) is 5.25 Å². The van der Waals surface area contributed by atoms with E-state index in [1.807, 2.05) is 0 Å². The van der Waals surface area contributed by atoms with E-state index < -0.39 is 32.7 Å². The number of nitriles is 1. The summed E-state index contributed by atoms with van der Waals surface area (Å²) in [6.45, 7) is 2.93. The molecule has 3 unspecified atom stereocenters. The van der Waals surface area contributed by atoms with Crippen LogP contribution < -0.4 is 4.72 Å². The monoisotopic (exact) mass is 276 g/mol. The Labute approximate surface area is 106 Å². The van der Waals surface area contributed by atoms with E-state index in [9.17, 15) is 13.2 Å². The molecule has 2 N–H and O–H groups in total. The molecule has 7 nitrogen and oxygen atoms in total. The molecule has 0 aromatic carbocycles. The van der Waals surface area contributed by atoms with Gasteiger partial charge in [-0.25, -0.2) is 13.1 Å². The third-order valence-electron chi connectivity index (χ3n) is 3.14. The molecule has 8 heteroatoms. The first kappa shape index (κ1) is 14.9. The number of carbonyl (C=O) groups is 1. The van der Waals surface area contributed by atoms with Crippen molar-refractivity contribution < 1.29 is 23.1 Å². The van der Waals surface area contributed by atoms with E-state index in [-0.39, 0.29) is 19.6 Å². The predicted molar refractivity (Wildman–Crippen MR) is 62.1 cm³/mol. The summed E-state index contributed by atoms with van der Waals surface area (Å²) in [5.41, 5.74) is -1.30. The van der Waals surface area contributed by atoms with Gasteiger partial charge in [0, 0.05) is 0 Å². The Morgan fingerprint density at radius 3 is 2.78 bits per heavy atom. The molecule has 1 rings (SSSR count). The van der Waals surface area contributed by atoms with Gasteiger partial charge in [-0.1, -0.05) is 6.92 Å². The zero-order chi connectivity index (χ0) is 14.0. The molecular weight excluding hydrogens is 260 g/mol. The molecular formula is C10H16N2O5S. The average molecular weight is 276 g/mol. The van der Waals surface area contributed by atoms with E-state index in [0.29, 0.717) is 0 Å². The number of hydrogen-bond acceptors (Lipinski definition) is 5. The van der Waals surface area contributed by atoms with Gasteiger partial charge in [-0.15, -0.1) is 0 Å². The van der Waals surface area contributed by atoms with Crippen LogP contribution in [0.2, 0.25) is 0 Å². The zero-order valence-corrected chi connectivity index (χ0v) is 11.0. The number of ether oxygens (including phenoxy) is 1. The Morgan fingerprint density at radius 2 is 2.33 bits per heavy atom. The molecule has 1 heterocycles. The Kier molecular flexibility index (Phi) is 4.32. The number of nitrogens with one attached hydrogen (secondary N) is 1. The van der Waals surface area contributed by atoms with Crippen LogP contribution in [0.1, 0.15) is 20.3 Å². The lowest BCUT2D eigenvalue weighted by Crippen LogP contribution is -2.51. The fourth-order valence-corrected chi connectivity index (χ4v) is 3.18. The summed E-state index contributed by atoms with van der Waals surface area (Å²) >= 11 is 0. The van der Waals surface area contributed by atoms with Gasteiger partial charge in [-0.05, 0) is 13.3 Å². The van der Waals surface area contributed by atoms with Crippen molar-refractivity contribution in [2.24, 2.45) is 5.41 Å². The molecule has 0 saturated carbocycles. The number of hydrogen-bond donors (Lipinski definition) is 2. The molecule has 0 amide bonds. The van der Waals surface area contributed by atoms with E-state index >= 15 is 0 Å². The summed E-state index contributed by atoms with van der Waals surface area (Å²) in [6, 6.07) is 0.825. The fraction of sp³-hybridized carbons (Fsp3) is 0.800. The summed E-state index contributed by atoms with van der Waals surface area (Å²) in [5.74, 6) is -1.13. The van der Waals surface area contributed by atoms with Crippen LogP contribution in [0, 0.1) is 16.7 Å². The van der Waals surface area contributed by atoms with Gasteiger partial charge in [0.2, 0.25) is 10.0 Å². The topological polar surface area (TPSA) is 116 Å². The number of carboxylic acids is 1. The van der Waals surface area contributed by atoms with Crippen molar-refractivity contribution in [2.45, 2.75) is 31.6 Å². The summed E-state index contributed by atoms with van der Waals surface area (Å²) in [6.07, 6.45) is 0.142. The zero-order valence-electron chi connectivity index (χ0n) is 10.2. The van der Waals surface area contributed by atoms with Crippen molar-refractivity contribution >= 4 is 16.0 Å². The lowest BCUT2D eigenvalue weighted by molar-refractivity contribution is -0.148. The molecule has 0 aromatic rings. The maximum Gasteiger partial charge on any atom is 0.313 e. The highest BCUT2D eigenvalue weighted by Gasteiger charge is 2.48. The van der Waals surface area contributed by atoms with Gasteiger partial charge >= 0.3 is 5.97 Å². The second-order valence-electron chi connectivity index (χ2n) is 4.48. The predicted octanol–water partition coefficient (Wildman–Crippen LogP) is -0.302. The van der Waals surface area contributed by atoms with Crippen LogP contribution in [0.5, 0.6) is 0 Å². The molecule has 0 aromatic heterocycles. The molecule has 1 aliphatic heterocycles. The Hall–Kier alpha value is -1.17. The molecule has 102 valence electrons. The van der Waals surface area contributed by atoms with Crippen LogP contribution >= 0.6 is 0 Å². The minimum atomic E-state index is -3.86. The maximum atomic E-state index is 11.9. The first-order chi connectivity index (χ1) is 8.28. The lowest BCUT2D eigenvalue weighted by atomic mass is 9.86. The molecule has 1 fully saturated rings. The standard InChI is InChI=1S/C10H16N2O5S/c1-3-7(4-11)18(15,16)12-8-5-17-6-10(8,2)9(13)14/h7-8,12H,3,5-6H2,1-2H3,(H,13,14). The normalized spacial score (nSPS) is 29.7.